The summed E-state index contributed by atoms with van der Waals surface area (Å²) in [6, 6.07) is 4.05. The van der Waals surface area contributed by atoms with Crippen molar-refractivity contribution in [3.05, 3.63) is 28.8 Å². The Kier molecular flexibility index (Phi) is 5.35. The molecule has 0 unspecified atom stereocenters. The van der Waals surface area contributed by atoms with Gasteiger partial charge in [0, 0.05) is 5.56 Å². The van der Waals surface area contributed by atoms with Gasteiger partial charge in [-0.25, -0.2) is 0 Å². The minimum absolute atomic E-state index is 0.280. The number of nitrogens with two attached hydrogens (primary N) is 1. The number of carbonyl (C=O) groups is 1. The summed E-state index contributed by atoms with van der Waals surface area (Å²) in [5.74, 6) is -0.280. The fraction of sp³-hybridized carbons (Fsp3) is 0.562. The van der Waals surface area contributed by atoms with E-state index in [-0.39, 0.29) is 5.91 Å². The molecule has 0 aliphatic rings. The molecule has 1 aromatic carbocycles. The average molecular weight is 277 g/mol. The highest BCUT2D eigenvalue weighted by Crippen LogP contribution is 2.19. The highest BCUT2D eigenvalue weighted by Gasteiger charge is 2.26. The SMILES string of the molecule is CCCc1ccc(C(N)=O)c([Si](C)(C)C)c1CCC. The maximum absolute atomic E-state index is 11.7. The van der Waals surface area contributed by atoms with Gasteiger partial charge in [-0.1, -0.05) is 52.4 Å². The lowest BCUT2D eigenvalue weighted by Gasteiger charge is -2.26. The van der Waals surface area contributed by atoms with E-state index in [1.54, 1.807) is 0 Å². The summed E-state index contributed by atoms with van der Waals surface area (Å²) < 4.78 is 0. The van der Waals surface area contributed by atoms with E-state index in [9.17, 15) is 4.79 Å². The van der Waals surface area contributed by atoms with E-state index in [0.29, 0.717) is 0 Å². The molecule has 0 radical (unpaired) electrons. The van der Waals surface area contributed by atoms with E-state index >= 15 is 0 Å². The van der Waals surface area contributed by atoms with Crippen molar-refractivity contribution in [1.82, 2.24) is 0 Å². The third-order valence-corrected chi connectivity index (χ3v) is 5.52. The molecule has 2 N–H and O–H groups in total. The molecule has 0 aromatic heterocycles. The number of primary amides is 1. The average Bonchev–Trinajstić information content (AvgIpc) is 2.29. The van der Waals surface area contributed by atoms with Crippen LogP contribution < -0.4 is 10.9 Å². The summed E-state index contributed by atoms with van der Waals surface area (Å²) in [6.45, 7) is 11.3. The third kappa shape index (κ3) is 3.69. The number of rotatable bonds is 6. The molecule has 1 amide bonds. The van der Waals surface area contributed by atoms with Gasteiger partial charge in [0.2, 0.25) is 5.91 Å². The van der Waals surface area contributed by atoms with Crippen LogP contribution in [0, 0.1) is 0 Å². The monoisotopic (exact) mass is 277 g/mol. The van der Waals surface area contributed by atoms with Crippen LogP contribution in [0.1, 0.15) is 48.2 Å². The second-order valence-corrected chi connectivity index (χ2v) is 11.2. The second-order valence-electron chi connectivity index (χ2n) is 6.24. The zero-order valence-corrected chi connectivity index (χ0v) is 14.0. The van der Waals surface area contributed by atoms with Gasteiger partial charge in [-0.05, 0) is 35.2 Å². The summed E-state index contributed by atoms with van der Waals surface area (Å²) in [5, 5.41) is 1.28. The lowest BCUT2D eigenvalue weighted by molar-refractivity contribution is 0.100. The Morgan fingerprint density at radius 3 is 2.11 bits per heavy atom. The Balaban J connectivity index is 3.56. The molecule has 0 aliphatic carbocycles. The van der Waals surface area contributed by atoms with E-state index in [1.807, 2.05) is 6.07 Å². The van der Waals surface area contributed by atoms with Crippen molar-refractivity contribution in [2.75, 3.05) is 0 Å². The topological polar surface area (TPSA) is 43.1 Å². The van der Waals surface area contributed by atoms with Crippen LogP contribution in [0.2, 0.25) is 19.6 Å². The molecule has 3 heteroatoms. The van der Waals surface area contributed by atoms with Crippen molar-refractivity contribution >= 4 is 19.2 Å². The number of amides is 1. The number of carbonyl (C=O) groups excluding carboxylic acids is 1. The molecule has 1 aromatic rings. The van der Waals surface area contributed by atoms with Crippen molar-refractivity contribution in [2.45, 2.75) is 59.2 Å². The summed E-state index contributed by atoms with van der Waals surface area (Å²) >= 11 is 0. The van der Waals surface area contributed by atoms with E-state index in [4.69, 9.17) is 5.73 Å². The van der Waals surface area contributed by atoms with Gasteiger partial charge < -0.3 is 5.73 Å². The van der Waals surface area contributed by atoms with Crippen LogP contribution in [-0.2, 0) is 12.8 Å². The minimum Gasteiger partial charge on any atom is -0.366 e. The van der Waals surface area contributed by atoms with Gasteiger partial charge in [0.05, 0.1) is 8.07 Å². The van der Waals surface area contributed by atoms with E-state index in [2.05, 4.69) is 39.6 Å². The number of aryl methyl sites for hydroxylation is 1. The van der Waals surface area contributed by atoms with Crippen LogP contribution in [0.25, 0.3) is 0 Å². The minimum atomic E-state index is -1.58. The predicted molar refractivity (Wildman–Crippen MR) is 85.9 cm³/mol. The summed E-state index contributed by atoms with van der Waals surface area (Å²) in [5.41, 5.74) is 9.15. The predicted octanol–water partition coefficient (Wildman–Crippen LogP) is 3.24. The zero-order chi connectivity index (χ0) is 14.6. The maximum atomic E-state index is 11.7. The van der Waals surface area contributed by atoms with Gasteiger partial charge in [-0.15, -0.1) is 0 Å². The molecule has 19 heavy (non-hydrogen) atoms. The van der Waals surface area contributed by atoms with E-state index < -0.39 is 8.07 Å². The lowest BCUT2D eigenvalue weighted by atomic mass is 9.96. The van der Waals surface area contributed by atoms with Crippen molar-refractivity contribution in [3.8, 4) is 0 Å². The molecule has 0 heterocycles. The summed E-state index contributed by atoms with van der Waals surface area (Å²) in [7, 11) is -1.58. The fourth-order valence-electron chi connectivity index (χ4n) is 2.79. The fourth-order valence-corrected chi connectivity index (χ4v) is 5.00. The molecular weight excluding hydrogens is 250 g/mol. The standard InChI is InChI=1S/C16H27NOSi/c1-6-8-12-10-11-14(16(17)18)15(19(3,4)5)13(12)9-7-2/h10-11H,6-9H2,1-5H3,(H2,17,18). The molecular formula is C16H27NOSi. The van der Waals surface area contributed by atoms with Crippen LogP contribution >= 0.6 is 0 Å². The smallest absolute Gasteiger partial charge is 0.248 e. The first-order chi connectivity index (χ1) is 8.82. The molecule has 2 nitrogen and oxygen atoms in total. The Labute approximate surface area is 118 Å². The summed E-state index contributed by atoms with van der Waals surface area (Å²) in [6.07, 6.45) is 4.39. The van der Waals surface area contributed by atoms with E-state index in [1.165, 1.54) is 16.3 Å². The number of hydrogen-bond donors (Lipinski definition) is 1. The molecule has 0 saturated carbocycles. The zero-order valence-electron chi connectivity index (χ0n) is 13.0. The van der Waals surface area contributed by atoms with E-state index in [0.717, 1.165) is 31.2 Å². The molecule has 0 aliphatic heterocycles. The number of benzene rings is 1. The van der Waals surface area contributed by atoms with Gasteiger partial charge in [-0.3, -0.25) is 4.79 Å². The summed E-state index contributed by atoms with van der Waals surface area (Å²) in [4.78, 5) is 11.7. The van der Waals surface area contributed by atoms with Gasteiger partial charge >= 0.3 is 0 Å². The van der Waals surface area contributed by atoms with Crippen LogP contribution in [0.4, 0.5) is 0 Å². The molecule has 1 rings (SSSR count). The first kappa shape index (κ1) is 16.0. The Morgan fingerprint density at radius 2 is 1.68 bits per heavy atom. The van der Waals surface area contributed by atoms with Crippen molar-refractivity contribution < 1.29 is 4.79 Å². The van der Waals surface area contributed by atoms with Gasteiger partial charge in [0.15, 0.2) is 0 Å². The molecule has 0 bridgehead atoms. The van der Waals surface area contributed by atoms with Crippen molar-refractivity contribution in [2.24, 2.45) is 5.73 Å². The second kappa shape index (κ2) is 6.37. The highest BCUT2D eigenvalue weighted by atomic mass is 28.3. The van der Waals surface area contributed by atoms with Crippen molar-refractivity contribution in [3.63, 3.8) is 0 Å². The Hall–Kier alpha value is -1.09. The Bertz CT molecular complexity index is 461. The molecule has 0 fully saturated rings. The van der Waals surface area contributed by atoms with Crippen molar-refractivity contribution in [1.29, 1.82) is 0 Å². The molecule has 0 spiro atoms. The maximum Gasteiger partial charge on any atom is 0.248 e. The van der Waals surface area contributed by atoms with Crippen LogP contribution in [0.5, 0.6) is 0 Å². The van der Waals surface area contributed by atoms with Crippen LogP contribution in [0.15, 0.2) is 12.1 Å². The Morgan fingerprint density at radius 1 is 1.11 bits per heavy atom. The highest BCUT2D eigenvalue weighted by molar-refractivity contribution is 6.89. The largest absolute Gasteiger partial charge is 0.366 e. The van der Waals surface area contributed by atoms with Gasteiger partial charge in [0.1, 0.15) is 0 Å². The number of hydrogen-bond acceptors (Lipinski definition) is 1. The molecule has 0 saturated heterocycles. The van der Waals surface area contributed by atoms with Crippen LogP contribution in [0.3, 0.4) is 0 Å². The molecule has 0 atom stereocenters. The first-order valence-corrected chi connectivity index (χ1v) is 10.8. The van der Waals surface area contributed by atoms with Crippen LogP contribution in [-0.4, -0.2) is 14.0 Å². The normalized spacial score (nSPS) is 11.6. The van der Waals surface area contributed by atoms with Gasteiger partial charge in [-0.2, -0.15) is 0 Å². The van der Waals surface area contributed by atoms with Gasteiger partial charge in [0.25, 0.3) is 0 Å². The quantitative estimate of drug-likeness (QED) is 0.797. The molecule has 106 valence electrons. The lowest BCUT2D eigenvalue weighted by Crippen LogP contribution is -2.45. The first-order valence-electron chi connectivity index (χ1n) is 7.27. The third-order valence-electron chi connectivity index (χ3n) is 3.44.